The van der Waals surface area contributed by atoms with E-state index in [9.17, 15) is 9.59 Å². The first-order valence-corrected chi connectivity index (χ1v) is 8.19. The number of hydrazine groups is 1. The van der Waals surface area contributed by atoms with Crippen LogP contribution in [-0.4, -0.2) is 24.5 Å². The van der Waals surface area contributed by atoms with Crippen LogP contribution in [0.25, 0.3) is 0 Å². The number of halogens is 2. The largest absolute Gasteiger partial charge is 0.485 e. The highest BCUT2D eigenvalue weighted by molar-refractivity contribution is 6.42. The molecular weight excluding hydrogens is 367 g/mol. The topological polar surface area (TPSA) is 76.7 Å². The molecule has 0 fully saturated rings. The number of para-hydroxylation sites is 2. The summed E-state index contributed by atoms with van der Waals surface area (Å²) in [6, 6.07) is 11.9. The third-order valence-electron chi connectivity index (χ3n) is 3.47. The van der Waals surface area contributed by atoms with E-state index in [1.165, 1.54) is 0 Å². The SMILES string of the molecule is O=C(Cc1ccc(Cl)c(Cl)c1)NNC(=O)C1COc2ccccc2O1. The molecule has 1 aliphatic heterocycles. The summed E-state index contributed by atoms with van der Waals surface area (Å²) in [6.45, 7) is 0.0610. The molecule has 3 rings (SSSR count). The highest BCUT2D eigenvalue weighted by Crippen LogP contribution is 2.30. The normalized spacial score (nSPS) is 15.4. The lowest BCUT2D eigenvalue weighted by molar-refractivity contribution is -0.134. The van der Waals surface area contributed by atoms with Gasteiger partial charge in [0.2, 0.25) is 12.0 Å². The maximum atomic E-state index is 12.1. The van der Waals surface area contributed by atoms with Gasteiger partial charge in [0.25, 0.3) is 5.91 Å². The zero-order valence-electron chi connectivity index (χ0n) is 12.9. The Balaban J connectivity index is 1.50. The quantitative estimate of drug-likeness (QED) is 0.802. The van der Waals surface area contributed by atoms with Gasteiger partial charge in [0.05, 0.1) is 16.5 Å². The third kappa shape index (κ3) is 4.35. The van der Waals surface area contributed by atoms with Gasteiger partial charge in [-0.15, -0.1) is 0 Å². The average molecular weight is 381 g/mol. The van der Waals surface area contributed by atoms with Gasteiger partial charge in [-0.25, -0.2) is 0 Å². The number of amides is 2. The van der Waals surface area contributed by atoms with Gasteiger partial charge in [-0.1, -0.05) is 41.4 Å². The molecule has 0 bridgehead atoms. The minimum absolute atomic E-state index is 0.0437. The summed E-state index contributed by atoms with van der Waals surface area (Å²) in [5, 5.41) is 0.774. The second-order valence-electron chi connectivity index (χ2n) is 5.33. The molecule has 0 saturated heterocycles. The minimum atomic E-state index is -0.847. The number of carbonyl (C=O) groups excluding carboxylic acids is 2. The zero-order valence-corrected chi connectivity index (χ0v) is 14.4. The number of rotatable bonds is 3. The van der Waals surface area contributed by atoms with Gasteiger partial charge in [-0.05, 0) is 29.8 Å². The van der Waals surface area contributed by atoms with Crippen LogP contribution in [0.3, 0.4) is 0 Å². The van der Waals surface area contributed by atoms with Crippen molar-refractivity contribution in [1.29, 1.82) is 0 Å². The van der Waals surface area contributed by atoms with Crippen LogP contribution in [0.1, 0.15) is 5.56 Å². The maximum absolute atomic E-state index is 12.1. The summed E-state index contributed by atoms with van der Waals surface area (Å²) in [5.41, 5.74) is 5.34. The lowest BCUT2D eigenvalue weighted by Crippen LogP contribution is -2.51. The third-order valence-corrected chi connectivity index (χ3v) is 4.21. The molecule has 6 nitrogen and oxygen atoms in total. The highest BCUT2D eigenvalue weighted by Gasteiger charge is 2.27. The van der Waals surface area contributed by atoms with Crippen LogP contribution >= 0.6 is 23.2 Å². The Morgan fingerprint density at radius 2 is 1.80 bits per heavy atom. The lowest BCUT2D eigenvalue weighted by Gasteiger charge is -2.25. The monoisotopic (exact) mass is 380 g/mol. The molecule has 0 aromatic heterocycles. The van der Waals surface area contributed by atoms with Gasteiger partial charge < -0.3 is 9.47 Å². The number of fused-ring (bicyclic) bond motifs is 1. The van der Waals surface area contributed by atoms with E-state index in [2.05, 4.69) is 10.9 Å². The predicted octanol–water partition coefficient (Wildman–Crippen LogP) is 2.52. The van der Waals surface area contributed by atoms with Gasteiger partial charge >= 0.3 is 0 Å². The number of nitrogens with one attached hydrogen (secondary N) is 2. The molecule has 8 heteroatoms. The van der Waals surface area contributed by atoms with Crippen molar-refractivity contribution in [2.24, 2.45) is 0 Å². The molecule has 1 aliphatic rings. The van der Waals surface area contributed by atoms with Crippen LogP contribution in [0.4, 0.5) is 0 Å². The maximum Gasteiger partial charge on any atom is 0.283 e. The first-order chi connectivity index (χ1) is 12.0. The molecule has 0 aliphatic carbocycles. The van der Waals surface area contributed by atoms with Gasteiger partial charge in [0.15, 0.2) is 11.5 Å². The molecule has 25 heavy (non-hydrogen) atoms. The standard InChI is InChI=1S/C17H14Cl2N2O4/c18-11-6-5-10(7-12(11)19)8-16(22)20-21-17(23)15-9-24-13-3-1-2-4-14(13)25-15/h1-7,15H,8-9H2,(H,20,22)(H,21,23). The molecule has 2 aromatic carbocycles. The molecule has 0 spiro atoms. The van der Waals surface area contributed by atoms with Crippen molar-refractivity contribution in [2.75, 3.05) is 6.61 Å². The number of hydrogen-bond acceptors (Lipinski definition) is 4. The van der Waals surface area contributed by atoms with Crippen LogP contribution in [-0.2, 0) is 16.0 Å². The molecule has 2 amide bonds. The predicted molar refractivity (Wildman–Crippen MR) is 92.8 cm³/mol. The van der Waals surface area contributed by atoms with Gasteiger partial charge in [0, 0.05) is 0 Å². The lowest BCUT2D eigenvalue weighted by atomic mass is 10.1. The highest BCUT2D eigenvalue weighted by atomic mass is 35.5. The molecule has 0 radical (unpaired) electrons. The summed E-state index contributed by atoms with van der Waals surface area (Å²) < 4.78 is 11.0. The van der Waals surface area contributed by atoms with Crippen molar-refractivity contribution in [3.05, 3.63) is 58.1 Å². The fourth-order valence-electron chi connectivity index (χ4n) is 2.24. The van der Waals surface area contributed by atoms with E-state index >= 15 is 0 Å². The van der Waals surface area contributed by atoms with Crippen LogP contribution in [0.15, 0.2) is 42.5 Å². The Hall–Kier alpha value is -2.44. The smallest absolute Gasteiger partial charge is 0.283 e. The molecule has 1 unspecified atom stereocenters. The minimum Gasteiger partial charge on any atom is -0.485 e. The second-order valence-corrected chi connectivity index (χ2v) is 6.14. The number of hydrogen-bond donors (Lipinski definition) is 2. The van der Waals surface area contributed by atoms with Crippen molar-refractivity contribution in [2.45, 2.75) is 12.5 Å². The molecule has 2 aromatic rings. The molecule has 130 valence electrons. The zero-order chi connectivity index (χ0) is 17.8. The Kier molecular flexibility index (Phi) is 5.31. The number of benzene rings is 2. The van der Waals surface area contributed by atoms with E-state index < -0.39 is 17.9 Å². The van der Waals surface area contributed by atoms with Gasteiger partial charge in [-0.3, -0.25) is 20.4 Å². The van der Waals surface area contributed by atoms with Crippen molar-refractivity contribution in [3.63, 3.8) is 0 Å². The average Bonchev–Trinajstić information content (AvgIpc) is 2.62. The van der Waals surface area contributed by atoms with Crippen molar-refractivity contribution in [3.8, 4) is 11.5 Å². The molecular formula is C17H14Cl2N2O4. The summed E-state index contributed by atoms with van der Waals surface area (Å²) >= 11 is 11.7. The Morgan fingerprint density at radius 1 is 1.04 bits per heavy atom. The van der Waals surface area contributed by atoms with Crippen molar-refractivity contribution in [1.82, 2.24) is 10.9 Å². The van der Waals surface area contributed by atoms with E-state index in [4.69, 9.17) is 32.7 Å². The first kappa shape index (κ1) is 17.4. The Bertz CT molecular complexity index is 813. The molecule has 0 saturated carbocycles. The van der Waals surface area contributed by atoms with Crippen molar-refractivity contribution >= 4 is 35.0 Å². The van der Waals surface area contributed by atoms with E-state index in [1.807, 2.05) is 6.07 Å². The summed E-state index contributed by atoms with van der Waals surface area (Å²) in [6.07, 6.45) is -0.803. The number of ether oxygens (including phenoxy) is 2. The van der Waals surface area contributed by atoms with Gasteiger partial charge in [-0.2, -0.15) is 0 Å². The molecule has 1 atom stereocenters. The number of carbonyl (C=O) groups is 2. The van der Waals surface area contributed by atoms with Crippen molar-refractivity contribution < 1.29 is 19.1 Å². The summed E-state index contributed by atoms with van der Waals surface area (Å²) in [5.74, 6) is 0.159. The fourth-order valence-corrected chi connectivity index (χ4v) is 2.56. The Morgan fingerprint density at radius 3 is 2.56 bits per heavy atom. The molecule has 2 N–H and O–H groups in total. The summed E-state index contributed by atoms with van der Waals surface area (Å²) in [7, 11) is 0. The second kappa shape index (κ2) is 7.63. The van der Waals surface area contributed by atoms with Gasteiger partial charge in [0.1, 0.15) is 6.61 Å². The van der Waals surface area contributed by atoms with Crippen LogP contribution in [0.2, 0.25) is 10.0 Å². The summed E-state index contributed by atoms with van der Waals surface area (Å²) in [4.78, 5) is 24.0. The molecule has 1 heterocycles. The van der Waals surface area contributed by atoms with E-state index in [1.54, 1.807) is 36.4 Å². The first-order valence-electron chi connectivity index (χ1n) is 7.44. The van der Waals surface area contributed by atoms with E-state index in [0.717, 1.165) is 0 Å². The van der Waals surface area contributed by atoms with Crippen LogP contribution in [0, 0.1) is 0 Å². The van der Waals surface area contributed by atoms with Crippen LogP contribution < -0.4 is 20.3 Å². The Labute approximate surface area is 154 Å². The fraction of sp³-hybridized carbons (Fsp3) is 0.176. The van der Waals surface area contributed by atoms with Crippen LogP contribution in [0.5, 0.6) is 11.5 Å². The van der Waals surface area contributed by atoms with E-state index in [0.29, 0.717) is 27.1 Å². The van der Waals surface area contributed by atoms with E-state index in [-0.39, 0.29) is 13.0 Å².